The number of hydrogen-bond donors (Lipinski definition) is 1. The van der Waals surface area contributed by atoms with Crippen LogP contribution in [0.25, 0.3) is 0 Å². The molecule has 1 N–H and O–H groups in total. The summed E-state index contributed by atoms with van der Waals surface area (Å²) in [5.41, 5.74) is 3.42. The highest BCUT2D eigenvalue weighted by Crippen LogP contribution is 2.21. The molecule has 1 aliphatic heterocycles. The monoisotopic (exact) mass is 385 g/mol. The van der Waals surface area contributed by atoms with Crippen molar-refractivity contribution in [2.45, 2.75) is 32.7 Å². The minimum absolute atomic E-state index is 0.170. The van der Waals surface area contributed by atoms with E-state index in [0.29, 0.717) is 5.92 Å². The predicted molar refractivity (Wildman–Crippen MR) is 115 cm³/mol. The first-order valence-corrected chi connectivity index (χ1v) is 10.1. The molecule has 0 bridgehead atoms. The molecule has 5 heteroatoms. The summed E-state index contributed by atoms with van der Waals surface area (Å²) < 4.78 is 13.3. The zero-order valence-corrected chi connectivity index (χ0v) is 16.9. The average molecular weight is 386 g/mol. The van der Waals surface area contributed by atoms with Gasteiger partial charge in [-0.15, -0.1) is 0 Å². The molecular formula is C22H28FN3S. The zero-order valence-electron chi connectivity index (χ0n) is 16.1. The lowest BCUT2D eigenvalue weighted by Gasteiger charge is -2.36. The van der Waals surface area contributed by atoms with Crippen LogP contribution in [0, 0.1) is 5.82 Å². The van der Waals surface area contributed by atoms with Crippen LogP contribution in [0.5, 0.6) is 0 Å². The Kier molecular flexibility index (Phi) is 6.80. The van der Waals surface area contributed by atoms with E-state index in [1.807, 2.05) is 6.07 Å². The molecule has 1 saturated heterocycles. The van der Waals surface area contributed by atoms with E-state index in [9.17, 15) is 4.39 Å². The lowest BCUT2D eigenvalue weighted by Crippen LogP contribution is -2.49. The number of thiocarbonyl (C=S) groups is 1. The van der Waals surface area contributed by atoms with Crippen molar-refractivity contribution in [3.05, 3.63) is 65.5 Å². The van der Waals surface area contributed by atoms with Crippen LogP contribution in [0.1, 0.15) is 37.3 Å². The van der Waals surface area contributed by atoms with Crippen LogP contribution in [0.2, 0.25) is 0 Å². The first-order chi connectivity index (χ1) is 13.0. The topological polar surface area (TPSA) is 18.5 Å². The Labute approximate surface area is 167 Å². The number of rotatable bonds is 5. The molecule has 0 radical (unpaired) electrons. The van der Waals surface area contributed by atoms with Crippen molar-refractivity contribution < 1.29 is 4.39 Å². The Bertz CT molecular complexity index is 754. The maximum atomic E-state index is 13.3. The number of nitrogens with one attached hydrogen (secondary N) is 1. The molecule has 144 valence electrons. The van der Waals surface area contributed by atoms with Crippen LogP contribution in [0.4, 0.5) is 10.1 Å². The molecule has 1 atom stereocenters. The van der Waals surface area contributed by atoms with E-state index in [4.69, 9.17) is 12.2 Å². The van der Waals surface area contributed by atoms with Crippen LogP contribution >= 0.6 is 12.2 Å². The van der Waals surface area contributed by atoms with Crippen LogP contribution in [-0.2, 0) is 6.54 Å². The third kappa shape index (κ3) is 5.50. The van der Waals surface area contributed by atoms with Crippen molar-refractivity contribution in [1.29, 1.82) is 0 Å². The maximum absolute atomic E-state index is 13.3. The third-order valence-corrected chi connectivity index (χ3v) is 5.66. The van der Waals surface area contributed by atoms with Crippen molar-refractivity contribution in [2.75, 3.05) is 31.5 Å². The number of halogens is 1. The summed E-state index contributed by atoms with van der Waals surface area (Å²) >= 11 is 5.60. The zero-order chi connectivity index (χ0) is 19.2. The molecule has 0 spiro atoms. The Morgan fingerprint density at radius 2 is 1.81 bits per heavy atom. The molecule has 27 heavy (non-hydrogen) atoms. The van der Waals surface area contributed by atoms with Gasteiger partial charge in [-0.1, -0.05) is 38.1 Å². The minimum atomic E-state index is -0.170. The number of piperazine rings is 1. The molecule has 0 saturated carbocycles. The second-order valence-electron chi connectivity index (χ2n) is 7.25. The maximum Gasteiger partial charge on any atom is 0.173 e. The smallest absolute Gasteiger partial charge is 0.173 e. The molecule has 1 aliphatic rings. The van der Waals surface area contributed by atoms with Crippen molar-refractivity contribution in [1.82, 2.24) is 9.80 Å². The van der Waals surface area contributed by atoms with E-state index in [0.717, 1.165) is 55.5 Å². The summed E-state index contributed by atoms with van der Waals surface area (Å²) in [7, 11) is 0. The molecule has 1 heterocycles. The van der Waals surface area contributed by atoms with Gasteiger partial charge in [-0.05, 0) is 59.9 Å². The van der Waals surface area contributed by atoms with Crippen LogP contribution < -0.4 is 5.32 Å². The molecule has 0 amide bonds. The van der Waals surface area contributed by atoms with Gasteiger partial charge in [0, 0.05) is 38.4 Å². The number of anilines is 1. The van der Waals surface area contributed by atoms with E-state index in [2.05, 4.69) is 53.2 Å². The number of hydrogen-bond acceptors (Lipinski definition) is 2. The molecule has 3 rings (SSSR count). The lowest BCUT2D eigenvalue weighted by atomic mass is 9.99. The normalized spacial score (nSPS) is 16.2. The summed E-state index contributed by atoms with van der Waals surface area (Å²) in [4.78, 5) is 4.55. The van der Waals surface area contributed by atoms with Gasteiger partial charge in [0.2, 0.25) is 0 Å². The van der Waals surface area contributed by atoms with Gasteiger partial charge in [0.05, 0.1) is 0 Å². The van der Waals surface area contributed by atoms with E-state index in [-0.39, 0.29) is 5.82 Å². The fraction of sp³-hybridized carbons (Fsp3) is 0.409. The third-order valence-electron chi connectivity index (χ3n) is 5.30. The first-order valence-electron chi connectivity index (χ1n) is 9.68. The van der Waals surface area contributed by atoms with Gasteiger partial charge in [0.25, 0.3) is 0 Å². The average Bonchev–Trinajstić information content (AvgIpc) is 2.68. The molecule has 2 aromatic rings. The van der Waals surface area contributed by atoms with Gasteiger partial charge in [-0.25, -0.2) is 4.39 Å². The van der Waals surface area contributed by atoms with Gasteiger partial charge < -0.3 is 10.2 Å². The molecule has 1 fully saturated rings. The second-order valence-corrected chi connectivity index (χ2v) is 7.64. The fourth-order valence-corrected chi connectivity index (χ4v) is 3.64. The van der Waals surface area contributed by atoms with Crippen molar-refractivity contribution in [3.63, 3.8) is 0 Å². The highest BCUT2D eigenvalue weighted by atomic mass is 32.1. The van der Waals surface area contributed by atoms with Crippen LogP contribution in [-0.4, -0.2) is 41.1 Å². The number of benzene rings is 2. The molecule has 0 unspecified atom stereocenters. The highest BCUT2D eigenvalue weighted by molar-refractivity contribution is 7.80. The van der Waals surface area contributed by atoms with E-state index in [1.54, 1.807) is 12.1 Å². The summed E-state index contributed by atoms with van der Waals surface area (Å²) in [5, 5.41) is 4.13. The Balaban J connectivity index is 1.48. The van der Waals surface area contributed by atoms with Crippen molar-refractivity contribution in [2.24, 2.45) is 0 Å². The number of nitrogens with zero attached hydrogens (tertiary/aromatic N) is 2. The first kappa shape index (κ1) is 19.8. The quantitative estimate of drug-likeness (QED) is 0.741. The van der Waals surface area contributed by atoms with Gasteiger partial charge in [0.1, 0.15) is 5.82 Å². The highest BCUT2D eigenvalue weighted by Gasteiger charge is 2.19. The lowest BCUT2D eigenvalue weighted by molar-refractivity contribution is 0.177. The summed E-state index contributed by atoms with van der Waals surface area (Å²) in [6, 6.07) is 15.4. The second kappa shape index (κ2) is 9.29. The van der Waals surface area contributed by atoms with Crippen molar-refractivity contribution in [3.8, 4) is 0 Å². The molecule has 0 aromatic heterocycles. The van der Waals surface area contributed by atoms with E-state index in [1.165, 1.54) is 11.6 Å². The molecule has 2 aromatic carbocycles. The largest absolute Gasteiger partial charge is 0.346 e. The predicted octanol–water partition coefficient (Wildman–Crippen LogP) is 4.85. The van der Waals surface area contributed by atoms with E-state index >= 15 is 0 Å². The Morgan fingerprint density at radius 1 is 1.11 bits per heavy atom. The molecule has 3 nitrogen and oxygen atoms in total. The summed E-state index contributed by atoms with van der Waals surface area (Å²) in [5.74, 6) is 0.410. The van der Waals surface area contributed by atoms with Crippen LogP contribution in [0.15, 0.2) is 48.5 Å². The van der Waals surface area contributed by atoms with Gasteiger partial charge in [-0.2, -0.15) is 0 Å². The summed E-state index contributed by atoms with van der Waals surface area (Å²) in [6.45, 7) is 8.84. The SMILES string of the molecule is CC[C@@H](C)c1ccc(NC(=S)N2CCN(Cc3cccc(F)c3)CC2)cc1. The van der Waals surface area contributed by atoms with Gasteiger partial charge >= 0.3 is 0 Å². The molecule has 0 aliphatic carbocycles. The van der Waals surface area contributed by atoms with Crippen molar-refractivity contribution >= 4 is 23.0 Å². The fourth-order valence-electron chi connectivity index (χ4n) is 3.34. The van der Waals surface area contributed by atoms with E-state index < -0.39 is 0 Å². The van der Waals surface area contributed by atoms with Crippen LogP contribution in [0.3, 0.4) is 0 Å². The van der Waals surface area contributed by atoms with Gasteiger partial charge in [-0.3, -0.25) is 4.90 Å². The summed E-state index contributed by atoms with van der Waals surface area (Å²) in [6.07, 6.45) is 1.14. The molecular weight excluding hydrogens is 357 g/mol. The standard InChI is InChI=1S/C22H28FN3S/c1-3-17(2)19-7-9-21(10-8-19)24-22(27)26-13-11-25(12-14-26)16-18-5-4-6-20(23)15-18/h4-10,15,17H,3,11-14,16H2,1-2H3,(H,24,27)/t17-/m1/s1. The Hall–Kier alpha value is -1.98. The van der Waals surface area contributed by atoms with Gasteiger partial charge in [0.15, 0.2) is 5.11 Å². The Morgan fingerprint density at radius 3 is 2.44 bits per heavy atom. The minimum Gasteiger partial charge on any atom is -0.346 e.